The molecule has 0 radical (unpaired) electrons. The van der Waals surface area contributed by atoms with Crippen LogP contribution in [0, 0.1) is 5.92 Å². The molecule has 0 saturated heterocycles. The van der Waals surface area contributed by atoms with Crippen molar-refractivity contribution in [2.75, 3.05) is 20.3 Å². The summed E-state index contributed by atoms with van der Waals surface area (Å²) in [6.45, 7) is 5.29. The molecule has 1 fully saturated rings. The summed E-state index contributed by atoms with van der Waals surface area (Å²) < 4.78 is 16.8. The van der Waals surface area contributed by atoms with Crippen LogP contribution in [0.5, 0.6) is 11.5 Å². The second-order valence-electron chi connectivity index (χ2n) is 6.71. The lowest BCUT2D eigenvalue weighted by Gasteiger charge is -2.16. The van der Waals surface area contributed by atoms with Crippen molar-refractivity contribution in [1.29, 1.82) is 0 Å². The summed E-state index contributed by atoms with van der Waals surface area (Å²) in [6, 6.07) is 10.2. The van der Waals surface area contributed by atoms with Gasteiger partial charge in [-0.25, -0.2) is 0 Å². The fraction of sp³-hybridized carbons (Fsp3) is 0.500. The molecule has 1 aromatic carbocycles. The summed E-state index contributed by atoms with van der Waals surface area (Å²) in [6.07, 6.45) is 1.24. The number of rotatable bonds is 9. The Kier molecular flexibility index (Phi) is 5.66. The number of aliphatic hydroxyl groups is 1. The van der Waals surface area contributed by atoms with E-state index < -0.39 is 0 Å². The highest BCUT2D eigenvalue weighted by Crippen LogP contribution is 2.47. The smallest absolute Gasteiger partial charge is 0.161 e. The van der Waals surface area contributed by atoms with Crippen LogP contribution in [0.1, 0.15) is 49.3 Å². The normalized spacial score (nSPS) is 20.3. The molecular formula is C20H27NO4. The van der Waals surface area contributed by atoms with E-state index in [1.54, 1.807) is 7.11 Å². The third-order valence-electron chi connectivity index (χ3n) is 4.78. The Morgan fingerprint density at radius 3 is 2.76 bits per heavy atom. The van der Waals surface area contributed by atoms with Gasteiger partial charge in [-0.15, -0.1) is 0 Å². The maximum absolute atomic E-state index is 8.88. The van der Waals surface area contributed by atoms with Gasteiger partial charge in [-0.1, -0.05) is 13.0 Å². The summed E-state index contributed by atoms with van der Waals surface area (Å²) >= 11 is 0. The van der Waals surface area contributed by atoms with Crippen molar-refractivity contribution in [3.05, 3.63) is 47.4 Å². The Morgan fingerprint density at radius 1 is 1.28 bits per heavy atom. The molecule has 1 aliphatic rings. The van der Waals surface area contributed by atoms with Gasteiger partial charge < -0.3 is 24.3 Å². The molecule has 5 nitrogen and oxygen atoms in total. The minimum atomic E-state index is -0.0202. The molecule has 5 heteroatoms. The topological polar surface area (TPSA) is 63.9 Å². The zero-order valence-electron chi connectivity index (χ0n) is 15.1. The number of furan rings is 1. The first-order chi connectivity index (χ1) is 12.1. The van der Waals surface area contributed by atoms with E-state index in [4.69, 9.17) is 19.0 Å². The quantitative estimate of drug-likeness (QED) is 0.726. The van der Waals surface area contributed by atoms with E-state index in [0.717, 1.165) is 23.0 Å². The van der Waals surface area contributed by atoms with E-state index in [2.05, 4.69) is 31.3 Å². The summed E-state index contributed by atoms with van der Waals surface area (Å²) in [4.78, 5) is 0. The first kappa shape index (κ1) is 17.8. The van der Waals surface area contributed by atoms with Crippen LogP contribution in [0.4, 0.5) is 0 Å². The van der Waals surface area contributed by atoms with Crippen LogP contribution in [0.2, 0.25) is 0 Å². The number of benzene rings is 1. The van der Waals surface area contributed by atoms with Gasteiger partial charge in [0.05, 0.1) is 20.3 Å². The van der Waals surface area contributed by atoms with Crippen LogP contribution < -0.4 is 14.8 Å². The maximum atomic E-state index is 8.88. The zero-order valence-corrected chi connectivity index (χ0v) is 15.1. The van der Waals surface area contributed by atoms with E-state index in [1.807, 2.05) is 18.2 Å². The Balaban J connectivity index is 1.58. The zero-order chi connectivity index (χ0) is 17.8. The molecule has 3 atom stereocenters. The monoisotopic (exact) mass is 345 g/mol. The molecular weight excluding hydrogens is 318 g/mol. The minimum absolute atomic E-state index is 0.0202. The second kappa shape index (κ2) is 7.93. The van der Waals surface area contributed by atoms with Gasteiger partial charge in [-0.2, -0.15) is 0 Å². The lowest BCUT2D eigenvalue weighted by atomic mass is 10.1. The van der Waals surface area contributed by atoms with Gasteiger partial charge in [0, 0.05) is 12.0 Å². The van der Waals surface area contributed by atoms with Crippen molar-refractivity contribution in [2.24, 2.45) is 5.92 Å². The van der Waals surface area contributed by atoms with Gasteiger partial charge in [-0.05, 0) is 49.1 Å². The molecule has 25 heavy (non-hydrogen) atoms. The van der Waals surface area contributed by atoms with Gasteiger partial charge >= 0.3 is 0 Å². The molecule has 0 spiro atoms. The summed E-state index contributed by atoms with van der Waals surface area (Å²) in [5.41, 5.74) is 1.11. The molecule has 1 aromatic heterocycles. The molecule has 2 aromatic rings. The van der Waals surface area contributed by atoms with Crippen molar-refractivity contribution in [1.82, 2.24) is 5.32 Å². The van der Waals surface area contributed by atoms with Gasteiger partial charge in [0.25, 0.3) is 0 Å². The Bertz CT molecular complexity index is 697. The van der Waals surface area contributed by atoms with Gasteiger partial charge in [0.2, 0.25) is 0 Å². The minimum Gasteiger partial charge on any atom is -0.493 e. The average molecular weight is 345 g/mol. The summed E-state index contributed by atoms with van der Waals surface area (Å²) in [5.74, 6) is 4.76. The average Bonchev–Trinajstić information content (AvgIpc) is 3.18. The fourth-order valence-electron chi connectivity index (χ4n) is 3.01. The maximum Gasteiger partial charge on any atom is 0.161 e. The van der Waals surface area contributed by atoms with Crippen LogP contribution in [0.15, 0.2) is 34.7 Å². The Morgan fingerprint density at radius 2 is 2.08 bits per heavy atom. The molecule has 2 N–H and O–H groups in total. The standard InChI is InChI=1S/C20H27NO4/c1-13-10-17(13)18-7-5-16(25-18)12-21-14(2)15-4-6-19(24-9-8-22)20(11-15)23-3/h4-7,11,13-14,17,21-22H,8-10,12H2,1-3H3. The fourth-order valence-corrected chi connectivity index (χ4v) is 3.01. The van der Waals surface area contributed by atoms with Gasteiger partial charge in [0.15, 0.2) is 11.5 Å². The molecule has 1 saturated carbocycles. The van der Waals surface area contributed by atoms with Crippen molar-refractivity contribution >= 4 is 0 Å². The van der Waals surface area contributed by atoms with Crippen LogP contribution in [0.25, 0.3) is 0 Å². The van der Waals surface area contributed by atoms with E-state index in [0.29, 0.717) is 24.0 Å². The first-order valence-corrected chi connectivity index (χ1v) is 8.86. The first-order valence-electron chi connectivity index (χ1n) is 8.86. The number of methoxy groups -OCH3 is 1. The molecule has 3 rings (SSSR count). The third-order valence-corrected chi connectivity index (χ3v) is 4.78. The van der Waals surface area contributed by atoms with Gasteiger partial charge in [-0.3, -0.25) is 0 Å². The lowest BCUT2D eigenvalue weighted by Crippen LogP contribution is -2.17. The lowest BCUT2D eigenvalue weighted by molar-refractivity contribution is 0.196. The number of nitrogens with one attached hydrogen (secondary N) is 1. The number of hydrogen-bond donors (Lipinski definition) is 2. The number of aliphatic hydroxyl groups excluding tert-OH is 1. The number of ether oxygens (including phenoxy) is 2. The molecule has 0 aliphatic heterocycles. The number of hydrogen-bond acceptors (Lipinski definition) is 5. The van der Waals surface area contributed by atoms with E-state index in [9.17, 15) is 0 Å². The third kappa shape index (κ3) is 4.35. The van der Waals surface area contributed by atoms with Crippen molar-refractivity contribution in [3.63, 3.8) is 0 Å². The van der Waals surface area contributed by atoms with E-state index >= 15 is 0 Å². The van der Waals surface area contributed by atoms with Crippen LogP contribution in [-0.4, -0.2) is 25.4 Å². The predicted molar refractivity (Wildman–Crippen MR) is 96.1 cm³/mol. The molecule has 136 valence electrons. The van der Waals surface area contributed by atoms with Crippen LogP contribution in [-0.2, 0) is 6.54 Å². The highest BCUT2D eigenvalue weighted by Gasteiger charge is 2.36. The van der Waals surface area contributed by atoms with Gasteiger partial charge in [0.1, 0.15) is 18.1 Å². The van der Waals surface area contributed by atoms with Crippen LogP contribution >= 0.6 is 0 Å². The Labute approximate surface area is 148 Å². The van der Waals surface area contributed by atoms with Crippen LogP contribution in [0.3, 0.4) is 0 Å². The predicted octanol–water partition coefficient (Wildman–Crippen LogP) is 3.63. The molecule has 1 heterocycles. The SMILES string of the molecule is COc1cc(C(C)NCc2ccc(C3CC3C)o2)ccc1OCCO. The van der Waals surface area contributed by atoms with E-state index in [1.165, 1.54) is 6.42 Å². The summed E-state index contributed by atoms with van der Waals surface area (Å²) in [7, 11) is 1.62. The van der Waals surface area contributed by atoms with Crippen molar-refractivity contribution in [2.45, 2.75) is 38.8 Å². The second-order valence-corrected chi connectivity index (χ2v) is 6.71. The summed E-state index contributed by atoms with van der Waals surface area (Å²) in [5, 5.41) is 12.4. The van der Waals surface area contributed by atoms with Crippen molar-refractivity contribution in [3.8, 4) is 11.5 Å². The van der Waals surface area contributed by atoms with E-state index in [-0.39, 0.29) is 19.3 Å². The highest BCUT2D eigenvalue weighted by atomic mass is 16.5. The van der Waals surface area contributed by atoms with Crippen molar-refractivity contribution < 1.29 is 19.0 Å². The molecule has 0 bridgehead atoms. The highest BCUT2D eigenvalue weighted by molar-refractivity contribution is 5.43. The molecule has 1 aliphatic carbocycles. The molecule has 3 unspecified atom stereocenters. The Hall–Kier alpha value is -1.98. The largest absolute Gasteiger partial charge is 0.493 e. The molecule has 0 amide bonds.